The van der Waals surface area contributed by atoms with Crippen molar-refractivity contribution in [2.24, 2.45) is 0 Å². The van der Waals surface area contributed by atoms with Gasteiger partial charge in [0.1, 0.15) is 5.65 Å². The number of carbonyl (C=O) groups excluding carboxylic acids is 1. The Morgan fingerprint density at radius 3 is 2.50 bits per heavy atom. The van der Waals surface area contributed by atoms with Gasteiger partial charge >= 0.3 is 5.69 Å². The number of hydrogen-bond acceptors (Lipinski definition) is 4. The Kier molecular flexibility index (Phi) is 2.76. The third-order valence-electron chi connectivity index (χ3n) is 2.89. The molecular formula is C14H9N3O3. The third-order valence-corrected chi connectivity index (χ3v) is 2.89. The second-order valence-electron chi connectivity index (χ2n) is 4.22. The Labute approximate surface area is 112 Å². The first-order valence-corrected chi connectivity index (χ1v) is 5.87. The molecule has 0 amide bonds. The average Bonchev–Trinajstić information content (AvgIpc) is 2.47. The van der Waals surface area contributed by atoms with E-state index in [1.54, 1.807) is 24.3 Å². The van der Waals surface area contributed by atoms with Crippen LogP contribution in [0.1, 0.15) is 15.9 Å². The highest BCUT2D eigenvalue weighted by molar-refractivity contribution is 6.09. The molecule has 98 valence electrons. The summed E-state index contributed by atoms with van der Waals surface area (Å²) in [5.74, 6) is -0.231. The lowest BCUT2D eigenvalue weighted by atomic mass is 10.0. The topological polar surface area (TPSA) is 95.7 Å². The summed E-state index contributed by atoms with van der Waals surface area (Å²) < 4.78 is 0. The number of rotatable bonds is 2. The second-order valence-corrected chi connectivity index (χ2v) is 4.22. The highest BCUT2D eigenvalue weighted by Gasteiger charge is 2.11. The van der Waals surface area contributed by atoms with Crippen molar-refractivity contribution in [3.8, 4) is 0 Å². The lowest BCUT2D eigenvalue weighted by molar-refractivity contribution is 0.103. The van der Waals surface area contributed by atoms with Crippen LogP contribution in [0, 0.1) is 0 Å². The summed E-state index contributed by atoms with van der Waals surface area (Å²) in [5.41, 5.74) is -0.241. The van der Waals surface area contributed by atoms with Crippen LogP contribution in [0.5, 0.6) is 0 Å². The summed E-state index contributed by atoms with van der Waals surface area (Å²) in [4.78, 5) is 43.5. The molecule has 2 N–H and O–H groups in total. The summed E-state index contributed by atoms with van der Waals surface area (Å²) in [6, 6.07) is 10.1. The second kappa shape index (κ2) is 4.58. The standard InChI is InChI=1S/C14H9N3O3/c18-11(8-4-2-1-3-5-8)9-6-10-12(15-7-9)16-14(20)17-13(10)19/h1-7H,(H2,15,16,17,19,20). The molecule has 3 aromatic rings. The molecule has 0 radical (unpaired) electrons. The number of nitrogens with zero attached hydrogens (tertiary/aromatic N) is 1. The molecule has 0 bridgehead atoms. The Bertz CT molecular complexity index is 910. The number of H-pyrrole nitrogens is 2. The highest BCUT2D eigenvalue weighted by Crippen LogP contribution is 2.11. The zero-order chi connectivity index (χ0) is 14.1. The minimum Gasteiger partial charge on any atom is -0.291 e. The fourth-order valence-electron chi connectivity index (χ4n) is 1.93. The summed E-state index contributed by atoms with van der Waals surface area (Å²) in [5, 5.41) is 0.173. The molecule has 0 atom stereocenters. The van der Waals surface area contributed by atoms with Crippen molar-refractivity contribution in [1.29, 1.82) is 0 Å². The average molecular weight is 267 g/mol. The highest BCUT2D eigenvalue weighted by atomic mass is 16.2. The summed E-state index contributed by atoms with van der Waals surface area (Å²) in [6.07, 6.45) is 1.34. The first kappa shape index (κ1) is 12.0. The molecule has 2 heterocycles. The van der Waals surface area contributed by atoms with E-state index < -0.39 is 11.2 Å². The minimum atomic E-state index is -0.628. The smallest absolute Gasteiger partial charge is 0.291 e. The molecule has 6 nitrogen and oxygen atoms in total. The zero-order valence-electron chi connectivity index (χ0n) is 10.2. The number of fused-ring (bicyclic) bond motifs is 1. The van der Waals surface area contributed by atoms with Crippen LogP contribution in [-0.4, -0.2) is 20.7 Å². The van der Waals surface area contributed by atoms with Crippen molar-refractivity contribution in [3.63, 3.8) is 0 Å². The fraction of sp³-hybridized carbons (Fsp3) is 0. The molecule has 0 saturated carbocycles. The number of pyridine rings is 1. The fourth-order valence-corrected chi connectivity index (χ4v) is 1.93. The molecule has 2 aromatic heterocycles. The molecule has 0 spiro atoms. The first-order chi connectivity index (χ1) is 9.65. The predicted molar refractivity (Wildman–Crippen MR) is 72.9 cm³/mol. The summed E-state index contributed by atoms with van der Waals surface area (Å²) in [6.45, 7) is 0. The van der Waals surface area contributed by atoms with Gasteiger partial charge in [0.15, 0.2) is 5.78 Å². The summed E-state index contributed by atoms with van der Waals surface area (Å²) in [7, 11) is 0. The molecule has 0 unspecified atom stereocenters. The Morgan fingerprint density at radius 2 is 1.75 bits per heavy atom. The number of aromatic nitrogens is 3. The van der Waals surface area contributed by atoms with Gasteiger partial charge in [0.05, 0.1) is 5.39 Å². The van der Waals surface area contributed by atoms with Crippen molar-refractivity contribution in [3.05, 3.63) is 74.6 Å². The van der Waals surface area contributed by atoms with E-state index in [1.807, 2.05) is 6.07 Å². The van der Waals surface area contributed by atoms with Gasteiger partial charge in [-0.2, -0.15) is 0 Å². The normalized spacial score (nSPS) is 10.6. The van der Waals surface area contributed by atoms with Gasteiger partial charge in [-0.25, -0.2) is 9.78 Å². The lowest BCUT2D eigenvalue weighted by Crippen LogP contribution is -2.22. The van der Waals surface area contributed by atoms with Crippen molar-refractivity contribution >= 4 is 16.8 Å². The van der Waals surface area contributed by atoms with Gasteiger partial charge in [-0.1, -0.05) is 30.3 Å². The van der Waals surface area contributed by atoms with Crippen molar-refractivity contribution in [1.82, 2.24) is 15.0 Å². The Hall–Kier alpha value is -3.02. The molecule has 1 aromatic carbocycles. The van der Waals surface area contributed by atoms with Crippen LogP contribution >= 0.6 is 0 Å². The number of nitrogens with one attached hydrogen (secondary N) is 2. The van der Waals surface area contributed by atoms with E-state index in [2.05, 4.69) is 15.0 Å². The minimum absolute atomic E-state index is 0.156. The molecule has 0 aliphatic carbocycles. The van der Waals surface area contributed by atoms with Gasteiger partial charge in [-0.15, -0.1) is 0 Å². The molecule has 6 heteroatoms. The number of aromatic amines is 2. The number of carbonyl (C=O) groups is 1. The van der Waals surface area contributed by atoms with Gasteiger partial charge in [0.25, 0.3) is 5.56 Å². The molecule has 0 fully saturated rings. The maximum Gasteiger partial charge on any atom is 0.327 e. The van der Waals surface area contributed by atoms with E-state index in [-0.39, 0.29) is 16.8 Å². The SMILES string of the molecule is O=C(c1ccccc1)c1cnc2[nH]c(=O)[nH]c(=O)c2c1. The van der Waals surface area contributed by atoms with E-state index in [0.29, 0.717) is 11.1 Å². The van der Waals surface area contributed by atoms with Crippen LogP contribution in [0.15, 0.2) is 52.2 Å². The Morgan fingerprint density at radius 1 is 1.00 bits per heavy atom. The maximum absolute atomic E-state index is 12.2. The molecule has 3 rings (SSSR count). The van der Waals surface area contributed by atoms with Gasteiger partial charge in [0, 0.05) is 17.3 Å². The van der Waals surface area contributed by atoms with E-state index in [9.17, 15) is 14.4 Å². The lowest BCUT2D eigenvalue weighted by Gasteiger charge is -2.02. The monoisotopic (exact) mass is 267 g/mol. The largest absolute Gasteiger partial charge is 0.327 e. The van der Waals surface area contributed by atoms with Gasteiger partial charge < -0.3 is 0 Å². The van der Waals surface area contributed by atoms with Crippen molar-refractivity contribution < 1.29 is 4.79 Å². The quantitative estimate of drug-likeness (QED) is 0.672. The molecule has 0 saturated heterocycles. The van der Waals surface area contributed by atoms with E-state index >= 15 is 0 Å². The van der Waals surface area contributed by atoms with Crippen LogP contribution in [0.4, 0.5) is 0 Å². The van der Waals surface area contributed by atoms with Crippen LogP contribution in [0.2, 0.25) is 0 Å². The van der Waals surface area contributed by atoms with Crippen molar-refractivity contribution in [2.75, 3.05) is 0 Å². The molecular weight excluding hydrogens is 258 g/mol. The molecule has 20 heavy (non-hydrogen) atoms. The number of hydrogen-bond donors (Lipinski definition) is 2. The molecule has 0 aliphatic heterocycles. The zero-order valence-corrected chi connectivity index (χ0v) is 10.2. The van der Waals surface area contributed by atoms with Crippen LogP contribution in [-0.2, 0) is 0 Å². The van der Waals surface area contributed by atoms with Crippen LogP contribution in [0.3, 0.4) is 0 Å². The first-order valence-electron chi connectivity index (χ1n) is 5.87. The van der Waals surface area contributed by atoms with Gasteiger partial charge in [-0.05, 0) is 6.07 Å². The van der Waals surface area contributed by atoms with Gasteiger partial charge in [-0.3, -0.25) is 19.6 Å². The van der Waals surface area contributed by atoms with Crippen LogP contribution < -0.4 is 11.2 Å². The van der Waals surface area contributed by atoms with Crippen LogP contribution in [0.25, 0.3) is 11.0 Å². The van der Waals surface area contributed by atoms with Crippen molar-refractivity contribution in [2.45, 2.75) is 0 Å². The molecule has 0 aliphatic rings. The maximum atomic E-state index is 12.2. The third kappa shape index (κ3) is 2.03. The van der Waals surface area contributed by atoms with E-state index in [4.69, 9.17) is 0 Å². The Balaban J connectivity index is 2.17. The van der Waals surface area contributed by atoms with E-state index in [0.717, 1.165) is 0 Å². The van der Waals surface area contributed by atoms with E-state index in [1.165, 1.54) is 12.3 Å². The predicted octanol–water partition coefficient (Wildman–Crippen LogP) is 0.842. The summed E-state index contributed by atoms with van der Waals surface area (Å²) >= 11 is 0. The van der Waals surface area contributed by atoms with Gasteiger partial charge in [0.2, 0.25) is 0 Å². The number of benzene rings is 1. The number of ketones is 1.